The van der Waals surface area contributed by atoms with E-state index in [1.807, 2.05) is 0 Å². The molecule has 2 unspecified atom stereocenters. The number of phenolic OH excluding ortho intramolecular Hbond substituents is 1. The Morgan fingerprint density at radius 2 is 1.36 bits per heavy atom. The van der Waals surface area contributed by atoms with Gasteiger partial charge in [-0.2, -0.15) is 0 Å². The van der Waals surface area contributed by atoms with E-state index in [9.17, 15) is 5.11 Å². The molecule has 1 aliphatic heterocycles. The second kappa shape index (κ2) is 10.7. The Labute approximate surface area is 234 Å². The zero-order valence-electron chi connectivity index (χ0n) is 23.0. The fraction of sp³-hybridized carbons (Fsp3) is 0.417. The van der Waals surface area contributed by atoms with Gasteiger partial charge < -0.3 is 5.11 Å². The molecule has 2 aliphatic carbocycles. The maximum Gasteiger partial charge on any atom is 0.127 e. The maximum absolute atomic E-state index is 12.0. The summed E-state index contributed by atoms with van der Waals surface area (Å²) >= 11 is 0. The molecule has 0 amide bonds. The molecule has 3 fully saturated rings. The normalized spacial score (nSPS) is 26.1. The van der Waals surface area contributed by atoms with E-state index in [0.717, 1.165) is 34.1 Å². The molecule has 200 valence electrons. The summed E-state index contributed by atoms with van der Waals surface area (Å²) < 4.78 is 0. The quantitative estimate of drug-likeness (QED) is 0.260. The van der Waals surface area contributed by atoms with Crippen LogP contribution in [0, 0.1) is 5.92 Å². The van der Waals surface area contributed by atoms with Gasteiger partial charge in [-0.3, -0.25) is 4.99 Å². The van der Waals surface area contributed by atoms with Crippen molar-refractivity contribution in [3.8, 4) is 5.75 Å². The zero-order chi connectivity index (χ0) is 26.2. The lowest BCUT2D eigenvalue weighted by molar-refractivity contribution is 0.257. The number of hydrogen-bond acceptors (Lipinski definition) is 2. The van der Waals surface area contributed by atoms with Gasteiger partial charge >= 0.3 is 0 Å². The molecule has 0 aromatic heterocycles. The van der Waals surface area contributed by atoms with Crippen molar-refractivity contribution < 1.29 is 5.11 Å². The number of nitrogens with zero attached hydrogens (tertiary/aromatic N) is 1. The van der Waals surface area contributed by atoms with E-state index in [1.165, 1.54) is 86.6 Å². The fourth-order valence-corrected chi connectivity index (χ4v) is 11.8. The topological polar surface area (TPSA) is 32.6 Å². The lowest BCUT2D eigenvalue weighted by atomic mass is 9.63. The number of phenols is 1. The van der Waals surface area contributed by atoms with Crippen LogP contribution in [0.15, 0.2) is 83.9 Å². The van der Waals surface area contributed by atoms with Gasteiger partial charge in [-0.15, -0.1) is 0 Å². The summed E-state index contributed by atoms with van der Waals surface area (Å²) in [5.74, 6) is 1.05. The summed E-state index contributed by atoms with van der Waals surface area (Å²) in [6.45, 7) is 0. The largest absolute Gasteiger partial charge is 0.507 e. The van der Waals surface area contributed by atoms with Gasteiger partial charge in [0.1, 0.15) is 5.75 Å². The third-order valence-electron chi connectivity index (χ3n) is 10.1. The lowest BCUT2D eigenvalue weighted by Crippen LogP contribution is -2.40. The summed E-state index contributed by atoms with van der Waals surface area (Å²) in [6.07, 6.45) is 15.6. The lowest BCUT2D eigenvalue weighted by Gasteiger charge is -2.43. The minimum Gasteiger partial charge on any atom is -0.507 e. The molecular formula is C36H40NOP. The van der Waals surface area contributed by atoms with Gasteiger partial charge in [-0.1, -0.05) is 113 Å². The van der Waals surface area contributed by atoms with Crippen LogP contribution in [0.2, 0.25) is 0 Å². The van der Waals surface area contributed by atoms with Gasteiger partial charge in [0.2, 0.25) is 0 Å². The van der Waals surface area contributed by atoms with Crippen LogP contribution in [0.1, 0.15) is 76.2 Å². The molecule has 7 rings (SSSR count). The van der Waals surface area contributed by atoms with Crippen LogP contribution >= 0.6 is 7.92 Å². The summed E-state index contributed by atoms with van der Waals surface area (Å²) in [4.78, 5) is 5.73. The Morgan fingerprint density at radius 1 is 0.692 bits per heavy atom. The Balaban J connectivity index is 1.45. The van der Waals surface area contributed by atoms with Crippen molar-refractivity contribution in [2.75, 3.05) is 6.16 Å². The molecule has 0 radical (unpaired) electrons. The van der Waals surface area contributed by atoms with E-state index in [-0.39, 0.29) is 13.3 Å². The minimum absolute atomic E-state index is 0.163. The second-order valence-electron chi connectivity index (χ2n) is 12.2. The molecule has 4 aromatic carbocycles. The zero-order valence-corrected chi connectivity index (χ0v) is 23.9. The van der Waals surface area contributed by atoms with Crippen molar-refractivity contribution in [3.63, 3.8) is 0 Å². The number of rotatable bonds is 4. The van der Waals surface area contributed by atoms with Gasteiger partial charge in [0.25, 0.3) is 0 Å². The minimum atomic E-state index is -0.347. The molecule has 0 bridgehead atoms. The molecule has 3 aliphatic rings. The first-order chi connectivity index (χ1) is 19.2. The highest BCUT2D eigenvalue weighted by atomic mass is 31.1. The smallest absolute Gasteiger partial charge is 0.127 e. The monoisotopic (exact) mass is 533 g/mol. The van der Waals surface area contributed by atoms with Gasteiger partial charge in [0, 0.05) is 16.4 Å². The molecule has 4 aromatic rings. The van der Waals surface area contributed by atoms with E-state index >= 15 is 0 Å². The predicted molar refractivity (Wildman–Crippen MR) is 168 cm³/mol. The third-order valence-corrected chi connectivity index (χ3v) is 13.2. The SMILES string of the molecule is Oc1c(C2(C3CCCCC3)CCP(C3CCCCC3)C2=Nc2ccc3ccccc3c2)ccc2ccccc12. The first-order valence-electron chi connectivity index (χ1n) is 15.3. The number of benzene rings is 4. The molecule has 1 heterocycles. The van der Waals surface area contributed by atoms with Crippen LogP contribution in [0.5, 0.6) is 5.75 Å². The van der Waals surface area contributed by atoms with Crippen LogP contribution in [0.3, 0.4) is 0 Å². The number of aliphatic imine (C=N–C) groups is 1. The second-order valence-corrected chi connectivity index (χ2v) is 14.7. The first-order valence-corrected chi connectivity index (χ1v) is 16.9. The van der Waals surface area contributed by atoms with Crippen LogP contribution in [-0.4, -0.2) is 22.4 Å². The van der Waals surface area contributed by atoms with E-state index in [2.05, 4.69) is 78.9 Å². The molecule has 39 heavy (non-hydrogen) atoms. The molecule has 0 spiro atoms. The van der Waals surface area contributed by atoms with Crippen molar-refractivity contribution in [3.05, 3.63) is 84.4 Å². The Morgan fingerprint density at radius 3 is 2.15 bits per heavy atom. The molecule has 3 heteroatoms. The standard InChI is InChI=1S/C36H40NOP/c38-34-32-18-10-9-12-27(32)20-22-33(34)36(29-14-3-1-4-15-29)23-24-39(31-16-5-2-6-17-31)35(36)37-30-21-19-26-11-7-8-13-28(26)25-30/h7-13,18-22,25,29,31,38H,1-6,14-17,23-24H2. The molecule has 1 saturated heterocycles. The van der Waals surface area contributed by atoms with Crippen molar-refractivity contribution >= 4 is 40.6 Å². The van der Waals surface area contributed by atoms with Gasteiger partial charge in [0.05, 0.1) is 11.1 Å². The maximum atomic E-state index is 12.0. The highest BCUT2D eigenvalue weighted by Crippen LogP contribution is 2.66. The number of fused-ring (bicyclic) bond motifs is 2. The van der Waals surface area contributed by atoms with Crippen LogP contribution in [0.25, 0.3) is 21.5 Å². The Hall–Kier alpha value is -2.70. The van der Waals surface area contributed by atoms with Gasteiger partial charge in [-0.05, 0) is 78.1 Å². The van der Waals surface area contributed by atoms with E-state index < -0.39 is 0 Å². The van der Waals surface area contributed by atoms with Crippen LogP contribution < -0.4 is 0 Å². The molecule has 2 nitrogen and oxygen atoms in total. The average molecular weight is 534 g/mol. The van der Waals surface area contributed by atoms with Crippen molar-refractivity contribution in [1.82, 2.24) is 0 Å². The van der Waals surface area contributed by atoms with E-state index in [0.29, 0.717) is 11.7 Å². The third kappa shape index (κ3) is 4.50. The fourth-order valence-electron chi connectivity index (χ4n) is 8.12. The molecule has 1 N–H and O–H groups in total. The average Bonchev–Trinajstić information content (AvgIpc) is 3.37. The Bertz CT molecular complexity index is 1510. The van der Waals surface area contributed by atoms with Crippen molar-refractivity contribution in [2.45, 2.75) is 81.7 Å². The van der Waals surface area contributed by atoms with Gasteiger partial charge in [-0.25, -0.2) is 0 Å². The molecule has 2 saturated carbocycles. The predicted octanol–water partition coefficient (Wildman–Crippen LogP) is 10.5. The summed E-state index contributed by atoms with van der Waals surface area (Å²) in [5, 5.41) is 16.6. The van der Waals surface area contributed by atoms with Crippen LogP contribution in [-0.2, 0) is 5.41 Å². The summed E-state index contributed by atoms with van der Waals surface area (Å²) in [6, 6.07) is 28.3. The number of aromatic hydroxyl groups is 1. The van der Waals surface area contributed by atoms with Crippen LogP contribution in [0.4, 0.5) is 5.69 Å². The summed E-state index contributed by atoms with van der Waals surface area (Å²) in [5.41, 5.74) is 4.32. The highest BCUT2D eigenvalue weighted by Gasteiger charge is 2.54. The number of hydrogen-bond donors (Lipinski definition) is 1. The van der Waals surface area contributed by atoms with Crippen molar-refractivity contribution in [2.24, 2.45) is 10.9 Å². The summed E-state index contributed by atoms with van der Waals surface area (Å²) in [7, 11) is -0.347. The van der Waals surface area contributed by atoms with E-state index in [4.69, 9.17) is 4.99 Å². The van der Waals surface area contributed by atoms with E-state index in [1.54, 1.807) is 0 Å². The Kier molecular flexibility index (Phi) is 6.94. The first kappa shape index (κ1) is 25.3. The molecule has 2 atom stereocenters. The molecular weight excluding hydrogens is 493 g/mol. The van der Waals surface area contributed by atoms with Crippen molar-refractivity contribution in [1.29, 1.82) is 0 Å². The van der Waals surface area contributed by atoms with Gasteiger partial charge in [0.15, 0.2) is 0 Å². The highest BCUT2D eigenvalue weighted by molar-refractivity contribution is 7.76.